The largest absolute Gasteiger partial charge is 0.472 e. The lowest BCUT2D eigenvalue weighted by molar-refractivity contribution is 0.0512. The van der Waals surface area contributed by atoms with Crippen molar-refractivity contribution < 1.29 is 23.0 Å². The fourth-order valence-electron chi connectivity index (χ4n) is 8.09. The minimum absolute atomic E-state index is 0.0288. The first-order valence-electron chi connectivity index (χ1n) is 18.2. The number of pyridine rings is 2. The number of hydrogen-bond acceptors (Lipinski definition) is 10. The molecule has 0 spiro atoms. The van der Waals surface area contributed by atoms with Gasteiger partial charge in [0.25, 0.3) is 0 Å². The highest BCUT2D eigenvalue weighted by Gasteiger charge is 2.42. The van der Waals surface area contributed by atoms with Gasteiger partial charge < -0.3 is 24.8 Å². The third-order valence-corrected chi connectivity index (χ3v) is 17.5. The smallest absolute Gasteiger partial charge is 0.227 e. The van der Waals surface area contributed by atoms with Gasteiger partial charge in [0.05, 0.1) is 18.2 Å². The molecule has 3 aromatic heterocycles. The summed E-state index contributed by atoms with van der Waals surface area (Å²) < 4.78 is 51.4. The van der Waals surface area contributed by atoms with Crippen LogP contribution in [0.25, 0.3) is 32.9 Å². The molecule has 2 aromatic carbocycles. The molecule has 284 valence electrons. The maximum Gasteiger partial charge on any atom is 0.227 e. The Kier molecular flexibility index (Phi) is 11.4. The number of rotatable bonds is 10. The van der Waals surface area contributed by atoms with Crippen LogP contribution in [0, 0.1) is 23.1 Å². The van der Waals surface area contributed by atoms with Crippen LogP contribution in [0.5, 0.6) is 11.6 Å². The summed E-state index contributed by atoms with van der Waals surface area (Å²) in [5.41, 5.74) is 12.2. The Morgan fingerprint density at radius 2 is 1.74 bits per heavy atom. The van der Waals surface area contributed by atoms with Gasteiger partial charge in [-0.25, -0.2) is 28.7 Å². The third kappa shape index (κ3) is 6.95. The predicted molar refractivity (Wildman–Crippen MR) is 217 cm³/mol. The van der Waals surface area contributed by atoms with Crippen LogP contribution in [-0.2, 0) is 4.74 Å². The molecule has 9 nitrogen and oxygen atoms in total. The molecule has 0 saturated heterocycles. The number of aromatic nitrogens is 4. The van der Waals surface area contributed by atoms with Crippen molar-refractivity contribution in [2.75, 3.05) is 37.3 Å². The normalized spacial score (nSPS) is 15.1. The summed E-state index contributed by atoms with van der Waals surface area (Å²) >= 11 is 1.30. The van der Waals surface area contributed by atoms with Crippen LogP contribution in [-0.4, -0.2) is 60.8 Å². The van der Waals surface area contributed by atoms with E-state index >= 15 is 8.78 Å². The average Bonchev–Trinajstić information content (AvgIpc) is 3.27. The van der Waals surface area contributed by atoms with Gasteiger partial charge in [-0.3, -0.25) is 0 Å². The Hall–Kier alpha value is -4.51. The van der Waals surface area contributed by atoms with E-state index in [1.807, 2.05) is 37.1 Å². The van der Waals surface area contributed by atoms with Gasteiger partial charge >= 0.3 is 0 Å². The highest BCUT2D eigenvalue weighted by Crippen LogP contribution is 2.45. The summed E-state index contributed by atoms with van der Waals surface area (Å²) in [6, 6.07) is 9.94. The number of nitrogens with zero attached hydrogens (tertiary/aromatic N) is 5. The highest BCUT2D eigenvalue weighted by atomic mass is 32.2. The molecule has 0 bridgehead atoms. The Morgan fingerprint density at radius 1 is 1.02 bits per heavy atom. The van der Waals surface area contributed by atoms with Crippen molar-refractivity contribution >= 4 is 53.1 Å². The number of halogens is 2. The van der Waals surface area contributed by atoms with Gasteiger partial charge in [-0.15, -0.1) is 5.54 Å². The van der Waals surface area contributed by atoms with Crippen LogP contribution in [0.1, 0.15) is 72.6 Å². The molecular weight excluding hydrogens is 723 g/mol. The summed E-state index contributed by atoms with van der Waals surface area (Å²) in [5.74, 6) is 3.54. The fourth-order valence-corrected chi connectivity index (χ4v) is 13.7. The minimum atomic E-state index is -2.29. The molecule has 1 aliphatic heterocycles. The van der Waals surface area contributed by atoms with E-state index in [0.717, 1.165) is 5.56 Å². The lowest BCUT2D eigenvalue weighted by Crippen LogP contribution is -2.43. The third-order valence-electron chi connectivity index (χ3n) is 10.6. The first kappa shape index (κ1) is 39.2. The summed E-state index contributed by atoms with van der Waals surface area (Å²) in [5, 5.41) is 1.73. The zero-order valence-electron chi connectivity index (χ0n) is 32.5. The van der Waals surface area contributed by atoms with Gasteiger partial charge in [-0.1, -0.05) is 71.4 Å². The van der Waals surface area contributed by atoms with E-state index in [-0.39, 0.29) is 35.5 Å². The molecule has 4 heterocycles. The number of fused-ring (bicyclic) bond motifs is 1. The summed E-state index contributed by atoms with van der Waals surface area (Å²) in [4.78, 5) is 20.8. The predicted octanol–water partition coefficient (Wildman–Crippen LogP) is 9.72. The molecule has 0 saturated carbocycles. The number of anilines is 2. The molecule has 54 heavy (non-hydrogen) atoms. The molecule has 0 fully saturated rings. The maximum atomic E-state index is 17.5. The first-order chi connectivity index (χ1) is 25.7. The van der Waals surface area contributed by atoms with E-state index in [0.29, 0.717) is 67.4 Å². The lowest BCUT2D eigenvalue weighted by atomic mass is 9.95. The molecule has 2 N–H and O–H groups in total. The van der Waals surface area contributed by atoms with E-state index in [4.69, 9.17) is 34.9 Å². The van der Waals surface area contributed by atoms with Crippen molar-refractivity contribution in [2.45, 2.75) is 89.3 Å². The summed E-state index contributed by atoms with van der Waals surface area (Å²) in [6.07, 6.45) is 3.08. The lowest BCUT2D eigenvalue weighted by Gasteiger charge is -2.38. The van der Waals surface area contributed by atoms with E-state index < -0.39 is 25.8 Å². The van der Waals surface area contributed by atoms with Gasteiger partial charge in [-0.2, -0.15) is 0 Å². The number of nitrogen functional groups attached to an aromatic ring is 1. The van der Waals surface area contributed by atoms with Crippen molar-refractivity contribution in [3.63, 3.8) is 0 Å². The van der Waals surface area contributed by atoms with Crippen LogP contribution in [0.3, 0.4) is 0 Å². The van der Waals surface area contributed by atoms with Crippen molar-refractivity contribution in [1.82, 2.24) is 19.9 Å². The van der Waals surface area contributed by atoms with Gasteiger partial charge in [0.15, 0.2) is 17.8 Å². The van der Waals surface area contributed by atoms with Gasteiger partial charge in [0, 0.05) is 29.8 Å². The van der Waals surface area contributed by atoms with Crippen molar-refractivity contribution in [2.24, 2.45) is 0 Å². The second-order valence-electron chi connectivity index (χ2n) is 14.8. The van der Waals surface area contributed by atoms with E-state index in [1.54, 1.807) is 24.4 Å². The molecule has 5 aromatic rings. The monoisotopic (exact) mass is 770 g/mol. The zero-order chi connectivity index (χ0) is 39.1. The standard InChI is InChI=1S/C41H48F2N6O3SSi/c1-22(2)54(23(3)4,24(5)6)17-15-30-32(42)14-13-27-18-28(51-21-50-9)19-31(33(27)30)36-35(43)37-34-39(48-41(47-37)53-10)49(20-25(7)52-40(34)46-36)26(8)29-12-11-16-45-38(29)44/h11-14,16,18-19,22-26H,20-21H2,1-10H3,(H2,44,45)/t25-,26?/m0/s1. The van der Waals surface area contributed by atoms with Crippen LogP contribution in [0.15, 0.2) is 47.8 Å². The van der Waals surface area contributed by atoms with Gasteiger partial charge in [0.1, 0.15) is 54.0 Å². The molecule has 6 rings (SSSR count). The zero-order valence-corrected chi connectivity index (χ0v) is 34.4. The number of thioether (sulfide) groups is 1. The number of ether oxygens (including phenoxy) is 3. The van der Waals surface area contributed by atoms with E-state index in [2.05, 4.69) is 58.0 Å². The van der Waals surface area contributed by atoms with E-state index in [9.17, 15) is 0 Å². The Balaban J connectivity index is 1.68. The topological polar surface area (TPSA) is 109 Å². The molecule has 1 aliphatic rings. The first-order valence-corrected chi connectivity index (χ1v) is 21.7. The number of hydrogen-bond donors (Lipinski definition) is 1. The van der Waals surface area contributed by atoms with Crippen molar-refractivity contribution in [3.05, 3.63) is 65.4 Å². The molecule has 13 heteroatoms. The van der Waals surface area contributed by atoms with Crippen LogP contribution in [0.2, 0.25) is 16.6 Å². The SMILES string of the molecule is COCOc1cc(-c2nc3c4c(nc(SC)nc4c2F)N(C(C)c2cccnc2N)C[C@H](C)O3)c2c(C#C[Si](C(C)C)(C(C)C)C(C)C)c(F)ccc2c1. The summed E-state index contributed by atoms with van der Waals surface area (Å²) in [6.45, 7) is 17.5. The number of methoxy groups -OCH3 is 1. The Bertz CT molecular complexity index is 2260. The van der Waals surface area contributed by atoms with Crippen molar-refractivity contribution in [1.29, 1.82) is 0 Å². The van der Waals surface area contributed by atoms with Gasteiger partial charge in [-0.05, 0) is 66.4 Å². The average molecular weight is 771 g/mol. The second-order valence-corrected chi connectivity index (χ2v) is 21.1. The second kappa shape index (κ2) is 15.7. The van der Waals surface area contributed by atoms with E-state index in [1.165, 1.54) is 24.9 Å². The fraction of sp³-hybridized carbons (Fsp3) is 0.415. The number of benzene rings is 2. The molecule has 0 amide bonds. The highest BCUT2D eigenvalue weighted by molar-refractivity contribution is 7.98. The van der Waals surface area contributed by atoms with Crippen LogP contribution in [0.4, 0.5) is 20.4 Å². The number of nitrogens with two attached hydrogens (primary N) is 1. The Morgan fingerprint density at radius 3 is 2.39 bits per heavy atom. The van der Waals surface area contributed by atoms with Gasteiger partial charge in [0.2, 0.25) is 5.88 Å². The molecule has 0 aliphatic carbocycles. The summed E-state index contributed by atoms with van der Waals surface area (Å²) in [7, 11) is -0.771. The van der Waals surface area contributed by atoms with Crippen molar-refractivity contribution in [3.8, 4) is 34.4 Å². The Labute approximate surface area is 321 Å². The van der Waals surface area contributed by atoms with Crippen LogP contribution < -0.4 is 20.1 Å². The quantitative estimate of drug-likeness (QED) is 0.0485. The molecule has 1 unspecified atom stereocenters. The minimum Gasteiger partial charge on any atom is -0.472 e. The molecular formula is C41H48F2N6O3SSi. The molecule has 0 radical (unpaired) electrons. The molecule has 2 atom stereocenters. The maximum absolute atomic E-state index is 17.5. The van der Waals surface area contributed by atoms with Crippen LogP contribution >= 0.6 is 11.8 Å².